The van der Waals surface area contributed by atoms with Gasteiger partial charge in [0.25, 0.3) is 0 Å². The smallest absolute Gasteiger partial charge is 0.164 e. The first-order valence-electron chi connectivity index (χ1n) is 7.44. The Hall–Kier alpha value is -1.46. The molecule has 2 rings (SSSR count). The lowest BCUT2D eigenvalue weighted by Crippen LogP contribution is -2.47. The van der Waals surface area contributed by atoms with E-state index in [0.717, 1.165) is 32.7 Å². The van der Waals surface area contributed by atoms with Crippen LogP contribution in [0.4, 0.5) is 10.1 Å². The highest BCUT2D eigenvalue weighted by molar-refractivity contribution is 5.99. The molecule has 1 aliphatic heterocycles. The number of likely N-dealkylation sites (N-methyl/N-ethyl adjacent to an activating group) is 1. The highest BCUT2D eigenvalue weighted by Crippen LogP contribution is 2.20. The van der Waals surface area contributed by atoms with Gasteiger partial charge in [0.2, 0.25) is 0 Å². The highest BCUT2D eigenvalue weighted by Gasteiger charge is 2.18. The number of halogens is 1. The van der Waals surface area contributed by atoms with Gasteiger partial charge in [0.1, 0.15) is 5.82 Å². The van der Waals surface area contributed by atoms with Crippen molar-refractivity contribution in [2.75, 3.05) is 45.1 Å². The summed E-state index contributed by atoms with van der Waals surface area (Å²) < 4.78 is 13.8. The van der Waals surface area contributed by atoms with E-state index in [1.807, 2.05) is 0 Å². The Kier molecular flexibility index (Phi) is 5.31. The van der Waals surface area contributed by atoms with Gasteiger partial charge < -0.3 is 10.2 Å². The molecule has 1 aromatic carbocycles. The number of benzene rings is 1. The number of nitrogens with zero attached hydrogens (tertiary/aromatic N) is 2. The highest BCUT2D eigenvalue weighted by atomic mass is 19.1. The molecule has 0 aromatic heterocycles. The van der Waals surface area contributed by atoms with Crippen LogP contribution in [0.5, 0.6) is 0 Å². The van der Waals surface area contributed by atoms with Gasteiger partial charge in [-0.1, -0.05) is 6.07 Å². The molecule has 0 radical (unpaired) electrons. The Balaban J connectivity index is 1.98. The quantitative estimate of drug-likeness (QED) is 0.843. The number of ketones is 1. The first-order valence-corrected chi connectivity index (χ1v) is 7.44. The van der Waals surface area contributed by atoms with Gasteiger partial charge in [0, 0.05) is 44.5 Å². The number of anilines is 1. The fourth-order valence-electron chi connectivity index (χ4n) is 2.73. The van der Waals surface area contributed by atoms with Crippen molar-refractivity contribution in [3.63, 3.8) is 0 Å². The first-order chi connectivity index (χ1) is 9.97. The van der Waals surface area contributed by atoms with Crippen LogP contribution in [0.25, 0.3) is 0 Å². The topological polar surface area (TPSA) is 35.6 Å². The Labute approximate surface area is 125 Å². The lowest BCUT2D eigenvalue weighted by Gasteiger charge is -2.34. The first kappa shape index (κ1) is 15.9. The van der Waals surface area contributed by atoms with Crippen LogP contribution in [0.2, 0.25) is 0 Å². The van der Waals surface area contributed by atoms with Gasteiger partial charge in [-0.3, -0.25) is 9.69 Å². The Bertz CT molecular complexity index is 498. The number of hydrogen-bond acceptors (Lipinski definition) is 4. The van der Waals surface area contributed by atoms with Crippen molar-refractivity contribution in [3.05, 3.63) is 29.6 Å². The van der Waals surface area contributed by atoms with Crippen molar-refractivity contribution in [3.8, 4) is 0 Å². The SMILES string of the molecule is CC(=O)c1c(F)cccc1NC(C)CN1CCN(C)CC1. The molecule has 0 amide bonds. The molecule has 1 saturated heterocycles. The number of hydrogen-bond donors (Lipinski definition) is 1. The second kappa shape index (κ2) is 7.00. The van der Waals surface area contributed by atoms with Crippen LogP contribution in [0.3, 0.4) is 0 Å². The normalized spacial score (nSPS) is 18.5. The van der Waals surface area contributed by atoms with E-state index >= 15 is 0 Å². The second-order valence-corrected chi connectivity index (χ2v) is 5.87. The molecule has 4 nitrogen and oxygen atoms in total. The van der Waals surface area contributed by atoms with E-state index in [4.69, 9.17) is 0 Å². The third-order valence-electron chi connectivity index (χ3n) is 3.90. The third-order valence-corrected chi connectivity index (χ3v) is 3.90. The average Bonchev–Trinajstić information content (AvgIpc) is 2.41. The summed E-state index contributed by atoms with van der Waals surface area (Å²) in [6.07, 6.45) is 0. The van der Waals surface area contributed by atoms with Crippen LogP contribution in [0.15, 0.2) is 18.2 Å². The summed E-state index contributed by atoms with van der Waals surface area (Å²) in [5.41, 5.74) is 0.742. The monoisotopic (exact) mass is 293 g/mol. The molecular weight excluding hydrogens is 269 g/mol. The van der Waals surface area contributed by atoms with Crippen LogP contribution in [0, 0.1) is 5.82 Å². The van der Waals surface area contributed by atoms with E-state index in [2.05, 4.69) is 29.1 Å². The number of carbonyl (C=O) groups is 1. The maximum absolute atomic E-state index is 13.8. The average molecular weight is 293 g/mol. The summed E-state index contributed by atoms with van der Waals surface area (Å²) in [6, 6.07) is 4.88. The molecule has 1 unspecified atom stereocenters. The van der Waals surface area contributed by atoms with Gasteiger partial charge in [0.05, 0.1) is 5.56 Å². The third kappa shape index (κ3) is 4.25. The molecule has 1 aliphatic rings. The van der Waals surface area contributed by atoms with Crippen molar-refractivity contribution in [1.82, 2.24) is 9.80 Å². The van der Waals surface area contributed by atoms with Crippen LogP contribution in [-0.4, -0.2) is 61.4 Å². The zero-order valence-corrected chi connectivity index (χ0v) is 13.0. The Morgan fingerprint density at radius 2 is 2.00 bits per heavy atom. The molecule has 0 bridgehead atoms. The summed E-state index contributed by atoms with van der Waals surface area (Å²) in [5.74, 6) is -0.707. The molecule has 1 aromatic rings. The van der Waals surface area contributed by atoms with Gasteiger partial charge >= 0.3 is 0 Å². The number of nitrogens with one attached hydrogen (secondary N) is 1. The minimum absolute atomic E-state index is 0.155. The summed E-state index contributed by atoms with van der Waals surface area (Å²) in [7, 11) is 2.13. The van der Waals surface area contributed by atoms with E-state index < -0.39 is 5.82 Å². The van der Waals surface area contributed by atoms with Crippen molar-refractivity contribution in [2.24, 2.45) is 0 Å². The van der Waals surface area contributed by atoms with Crippen molar-refractivity contribution in [1.29, 1.82) is 0 Å². The van der Waals surface area contributed by atoms with Crippen LogP contribution < -0.4 is 5.32 Å². The molecule has 5 heteroatoms. The molecular formula is C16H24FN3O. The summed E-state index contributed by atoms with van der Waals surface area (Å²) in [6.45, 7) is 8.59. The van der Waals surface area contributed by atoms with Gasteiger partial charge in [-0.25, -0.2) is 4.39 Å². The lowest BCUT2D eigenvalue weighted by atomic mass is 10.1. The summed E-state index contributed by atoms with van der Waals surface area (Å²) in [4.78, 5) is 16.3. The van der Waals surface area contributed by atoms with Crippen molar-refractivity contribution >= 4 is 11.5 Å². The van der Waals surface area contributed by atoms with Crippen molar-refractivity contribution < 1.29 is 9.18 Å². The van der Waals surface area contributed by atoms with Crippen LogP contribution in [-0.2, 0) is 0 Å². The standard InChI is InChI=1S/C16H24FN3O/c1-12(11-20-9-7-19(3)8-10-20)18-15-6-4-5-14(17)16(15)13(2)21/h4-6,12,18H,7-11H2,1-3H3. The largest absolute Gasteiger partial charge is 0.381 e. The molecule has 0 saturated carbocycles. The molecule has 116 valence electrons. The fourth-order valence-corrected chi connectivity index (χ4v) is 2.73. The van der Waals surface area contributed by atoms with Crippen LogP contribution in [0.1, 0.15) is 24.2 Å². The lowest BCUT2D eigenvalue weighted by molar-refractivity contribution is 0.101. The fraction of sp³-hybridized carbons (Fsp3) is 0.562. The van der Waals surface area contributed by atoms with Gasteiger partial charge in [-0.15, -0.1) is 0 Å². The van der Waals surface area contributed by atoms with Gasteiger partial charge in [0.15, 0.2) is 5.78 Å². The van der Waals surface area contributed by atoms with E-state index in [1.165, 1.54) is 13.0 Å². The minimum atomic E-state index is -0.459. The molecule has 1 heterocycles. The molecule has 0 aliphatic carbocycles. The van der Waals surface area contributed by atoms with Gasteiger partial charge in [-0.05, 0) is 33.0 Å². The Morgan fingerprint density at radius 1 is 1.33 bits per heavy atom. The van der Waals surface area contributed by atoms with E-state index in [9.17, 15) is 9.18 Å². The summed E-state index contributed by atoms with van der Waals surface area (Å²) >= 11 is 0. The maximum Gasteiger partial charge on any atom is 0.164 e. The van der Waals surface area contributed by atoms with Crippen molar-refractivity contribution in [2.45, 2.75) is 19.9 Å². The number of carbonyl (C=O) groups excluding carboxylic acids is 1. The van der Waals surface area contributed by atoms with E-state index in [-0.39, 0.29) is 17.4 Å². The predicted molar refractivity (Wildman–Crippen MR) is 83.4 cm³/mol. The predicted octanol–water partition coefficient (Wildman–Crippen LogP) is 2.08. The number of Topliss-reactive ketones (excluding diaryl/α,β-unsaturated/α-hetero) is 1. The minimum Gasteiger partial charge on any atom is -0.381 e. The molecule has 21 heavy (non-hydrogen) atoms. The van der Waals surface area contributed by atoms with Crippen LogP contribution >= 0.6 is 0 Å². The summed E-state index contributed by atoms with van der Waals surface area (Å²) in [5, 5.41) is 3.28. The van der Waals surface area contributed by atoms with Gasteiger partial charge in [-0.2, -0.15) is 0 Å². The Morgan fingerprint density at radius 3 is 2.62 bits per heavy atom. The number of piperazine rings is 1. The molecule has 0 spiro atoms. The second-order valence-electron chi connectivity index (χ2n) is 5.87. The van der Waals surface area contributed by atoms with E-state index in [0.29, 0.717) is 5.69 Å². The molecule has 1 atom stereocenters. The van der Waals surface area contributed by atoms with E-state index in [1.54, 1.807) is 12.1 Å². The molecule has 1 fully saturated rings. The zero-order valence-electron chi connectivity index (χ0n) is 13.0. The maximum atomic E-state index is 13.8. The zero-order chi connectivity index (χ0) is 15.4. The molecule has 1 N–H and O–H groups in total. The number of rotatable bonds is 5.